The fourth-order valence-electron chi connectivity index (χ4n) is 1.49. The van der Waals surface area contributed by atoms with Crippen molar-refractivity contribution in [1.82, 2.24) is 10.2 Å². The molecule has 0 aliphatic heterocycles. The zero-order chi connectivity index (χ0) is 11.2. The number of nitrogens with zero attached hydrogens (tertiary/aromatic N) is 2. The van der Waals surface area contributed by atoms with Crippen molar-refractivity contribution in [3.8, 4) is 12.3 Å². The Morgan fingerprint density at radius 2 is 1.75 bits per heavy atom. The molecule has 2 nitrogen and oxygen atoms in total. The zero-order valence-corrected chi connectivity index (χ0v) is 8.93. The van der Waals surface area contributed by atoms with Gasteiger partial charge in [-0.2, -0.15) is 5.10 Å². The number of aryl methyl sites for hydroxylation is 2. The minimum absolute atomic E-state index is 0.587. The summed E-state index contributed by atoms with van der Waals surface area (Å²) in [5.74, 6) is 2.45. The zero-order valence-electron chi connectivity index (χ0n) is 8.93. The second-order valence-electron chi connectivity index (χ2n) is 3.54. The molecule has 0 saturated heterocycles. The summed E-state index contributed by atoms with van der Waals surface area (Å²) >= 11 is 0. The predicted octanol–water partition coefficient (Wildman–Crippen LogP) is 2.24. The number of terminal acetylenes is 1. The maximum absolute atomic E-state index is 5.21. The van der Waals surface area contributed by atoms with Crippen LogP contribution in [-0.4, -0.2) is 10.2 Å². The van der Waals surface area contributed by atoms with Crippen molar-refractivity contribution in [2.45, 2.75) is 12.8 Å². The van der Waals surface area contributed by atoms with Crippen molar-refractivity contribution in [3.63, 3.8) is 0 Å². The lowest BCUT2D eigenvalue weighted by Crippen LogP contribution is -1.97. The van der Waals surface area contributed by atoms with Crippen LogP contribution in [-0.2, 0) is 12.8 Å². The molecule has 0 aliphatic carbocycles. The lowest BCUT2D eigenvalue weighted by molar-refractivity contribution is 0.854. The molecule has 2 heteroatoms. The van der Waals surface area contributed by atoms with Crippen LogP contribution in [0.25, 0.3) is 0 Å². The van der Waals surface area contributed by atoms with Gasteiger partial charge in [0.2, 0.25) is 0 Å². The smallest absolute Gasteiger partial charge is 0.135 e. The van der Waals surface area contributed by atoms with E-state index < -0.39 is 0 Å². The summed E-state index contributed by atoms with van der Waals surface area (Å²) in [5, 5.41) is 8.00. The molecule has 0 amide bonds. The Balaban J connectivity index is 1.98. The summed E-state index contributed by atoms with van der Waals surface area (Å²) in [6.07, 6.45) is 7.08. The van der Waals surface area contributed by atoms with Crippen LogP contribution in [0.2, 0.25) is 0 Å². The summed E-state index contributed by atoms with van der Waals surface area (Å²) in [4.78, 5) is 0. The molecule has 0 aliphatic rings. The van der Waals surface area contributed by atoms with Crippen molar-refractivity contribution in [2.75, 3.05) is 0 Å². The molecule has 0 spiro atoms. The highest BCUT2D eigenvalue weighted by Crippen LogP contribution is 2.04. The second-order valence-corrected chi connectivity index (χ2v) is 3.54. The van der Waals surface area contributed by atoms with E-state index in [0.29, 0.717) is 5.69 Å². The van der Waals surface area contributed by atoms with E-state index in [0.717, 1.165) is 18.5 Å². The first-order chi connectivity index (χ1) is 7.88. The highest BCUT2D eigenvalue weighted by Gasteiger charge is 1.97. The molecule has 0 radical (unpaired) electrons. The van der Waals surface area contributed by atoms with Crippen LogP contribution in [0, 0.1) is 12.3 Å². The van der Waals surface area contributed by atoms with E-state index in [2.05, 4.69) is 28.3 Å². The summed E-state index contributed by atoms with van der Waals surface area (Å²) in [7, 11) is 0. The lowest BCUT2D eigenvalue weighted by Gasteiger charge is -2.00. The average molecular weight is 208 g/mol. The van der Waals surface area contributed by atoms with Crippen LogP contribution in [0.1, 0.15) is 17.0 Å². The van der Waals surface area contributed by atoms with E-state index in [4.69, 9.17) is 6.42 Å². The van der Waals surface area contributed by atoms with Crippen LogP contribution in [0.5, 0.6) is 0 Å². The highest BCUT2D eigenvalue weighted by molar-refractivity contribution is 5.23. The summed E-state index contributed by atoms with van der Waals surface area (Å²) in [6.45, 7) is 0. The SMILES string of the molecule is C#Cc1ccc(CCc2ccccc2)nn1. The molecule has 1 aromatic carbocycles. The van der Waals surface area contributed by atoms with E-state index in [1.165, 1.54) is 5.56 Å². The predicted molar refractivity (Wildman–Crippen MR) is 63.8 cm³/mol. The van der Waals surface area contributed by atoms with Crippen molar-refractivity contribution >= 4 is 0 Å². The van der Waals surface area contributed by atoms with Gasteiger partial charge in [0, 0.05) is 0 Å². The van der Waals surface area contributed by atoms with E-state index in [1.807, 2.05) is 30.3 Å². The Morgan fingerprint density at radius 1 is 0.938 bits per heavy atom. The Bertz CT molecular complexity index is 480. The third-order valence-electron chi connectivity index (χ3n) is 2.38. The molecule has 16 heavy (non-hydrogen) atoms. The van der Waals surface area contributed by atoms with Crippen LogP contribution in [0.3, 0.4) is 0 Å². The molecule has 2 aromatic rings. The van der Waals surface area contributed by atoms with Gasteiger partial charge in [0.25, 0.3) is 0 Å². The van der Waals surface area contributed by atoms with Gasteiger partial charge in [-0.25, -0.2) is 0 Å². The van der Waals surface area contributed by atoms with E-state index in [9.17, 15) is 0 Å². The molecule has 0 bridgehead atoms. The molecule has 0 atom stereocenters. The first kappa shape index (κ1) is 10.4. The largest absolute Gasteiger partial charge is 0.154 e. The first-order valence-corrected chi connectivity index (χ1v) is 5.21. The van der Waals surface area contributed by atoms with Crippen LogP contribution >= 0.6 is 0 Å². The molecule has 1 aromatic heterocycles. The molecular formula is C14H12N2. The molecule has 0 fully saturated rings. The number of hydrogen-bond donors (Lipinski definition) is 0. The third-order valence-corrected chi connectivity index (χ3v) is 2.38. The van der Waals surface area contributed by atoms with E-state index in [1.54, 1.807) is 0 Å². The quantitative estimate of drug-likeness (QED) is 0.723. The standard InChI is InChI=1S/C14H12N2/c1-2-13-10-11-14(16-15-13)9-8-12-6-4-3-5-7-12/h1,3-7,10-11H,8-9H2. The minimum Gasteiger partial charge on any atom is -0.154 e. The molecular weight excluding hydrogens is 196 g/mol. The Hall–Kier alpha value is -2.14. The average Bonchev–Trinajstić information content (AvgIpc) is 2.38. The molecule has 0 saturated carbocycles. The number of hydrogen-bond acceptors (Lipinski definition) is 2. The van der Waals surface area contributed by atoms with Gasteiger partial charge in [-0.3, -0.25) is 0 Å². The van der Waals surface area contributed by atoms with Gasteiger partial charge in [0.1, 0.15) is 5.69 Å². The van der Waals surface area contributed by atoms with Crippen LogP contribution in [0.4, 0.5) is 0 Å². The minimum atomic E-state index is 0.587. The lowest BCUT2D eigenvalue weighted by atomic mass is 10.1. The monoisotopic (exact) mass is 208 g/mol. The summed E-state index contributed by atoms with van der Waals surface area (Å²) in [5.41, 5.74) is 2.87. The molecule has 78 valence electrons. The maximum atomic E-state index is 5.21. The molecule has 2 rings (SSSR count). The van der Waals surface area contributed by atoms with Crippen LogP contribution in [0.15, 0.2) is 42.5 Å². The fraction of sp³-hybridized carbons (Fsp3) is 0.143. The molecule has 1 heterocycles. The number of rotatable bonds is 3. The summed E-state index contributed by atoms with van der Waals surface area (Å²) in [6, 6.07) is 14.1. The van der Waals surface area contributed by atoms with Gasteiger partial charge < -0.3 is 0 Å². The maximum Gasteiger partial charge on any atom is 0.135 e. The number of aromatic nitrogens is 2. The van der Waals surface area contributed by atoms with Crippen molar-refractivity contribution in [3.05, 3.63) is 59.4 Å². The fourth-order valence-corrected chi connectivity index (χ4v) is 1.49. The molecule has 0 N–H and O–H groups in total. The Morgan fingerprint density at radius 3 is 2.38 bits per heavy atom. The van der Waals surface area contributed by atoms with E-state index >= 15 is 0 Å². The normalized spacial score (nSPS) is 9.69. The topological polar surface area (TPSA) is 25.8 Å². The number of benzene rings is 1. The van der Waals surface area contributed by atoms with Crippen molar-refractivity contribution < 1.29 is 0 Å². The highest BCUT2D eigenvalue weighted by atomic mass is 15.1. The van der Waals surface area contributed by atoms with Crippen molar-refractivity contribution in [2.24, 2.45) is 0 Å². The van der Waals surface area contributed by atoms with Gasteiger partial charge >= 0.3 is 0 Å². The van der Waals surface area contributed by atoms with Gasteiger partial charge in [-0.1, -0.05) is 30.3 Å². The Labute approximate surface area is 95.4 Å². The third kappa shape index (κ3) is 2.68. The van der Waals surface area contributed by atoms with Gasteiger partial charge in [0.05, 0.1) is 5.69 Å². The van der Waals surface area contributed by atoms with Crippen molar-refractivity contribution in [1.29, 1.82) is 0 Å². The van der Waals surface area contributed by atoms with Gasteiger partial charge in [0.15, 0.2) is 0 Å². The van der Waals surface area contributed by atoms with E-state index in [-0.39, 0.29) is 0 Å². The second kappa shape index (κ2) is 5.09. The molecule has 0 unspecified atom stereocenters. The van der Waals surface area contributed by atoms with Gasteiger partial charge in [-0.15, -0.1) is 11.5 Å². The first-order valence-electron chi connectivity index (χ1n) is 5.21. The summed E-state index contributed by atoms with van der Waals surface area (Å²) < 4.78 is 0. The Kier molecular flexibility index (Phi) is 3.30. The van der Waals surface area contributed by atoms with Crippen LogP contribution < -0.4 is 0 Å². The van der Waals surface area contributed by atoms with Gasteiger partial charge in [-0.05, 0) is 36.5 Å².